The van der Waals surface area contributed by atoms with E-state index < -0.39 is 10.0 Å². The standard InChI is InChI=1S/C22H27ClN2O3S/c1-17-6-5-7-18(14-17)15-25(16-22(26)24-20-8-3-2-4-9-20)29(27,28)21-12-10-19(23)11-13-21/h5-7,10-14,20H,2-4,8-9,15-16H2,1H3,(H,24,26). The van der Waals surface area contributed by atoms with E-state index in [0.29, 0.717) is 5.02 Å². The Hall–Kier alpha value is -1.89. The van der Waals surface area contributed by atoms with Crippen LogP contribution >= 0.6 is 11.6 Å². The number of benzene rings is 2. The predicted octanol–water partition coefficient (Wildman–Crippen LogP) is 4.29. The average Bonchev–Trinajstić information content (AvgIpc) is 2.68. The summed E-state index contributed by atoms with van der Waals surface area (Å²) in [6.07, 6.45) is 5.29. The minimum Gasteiger partial charge on any atom is -0.352 e. The largest absolute Gasteiger partial charge is 0.352 e. The van der Waals surface area contributed by atoms with Gasteiger partial charge in [0.2, 0.25) is 15.9 Å². The molecule has 0 aliphatic heterocycles. The van der Waals surface area contributed by atoms with Crippen LogP contribution in [0, 0.1) is 6.92 Å². The number of nitrogens with zero attached hydrogens (tertiary/aromatic N) is 1. The lowest BCUT2D eigenvalue weighted by atomic mass is 9.95. The SMILES string of the molecule is Cc1cccc(CN(CC(=O)NC2CCCCC2)S(=O)(=O)c2ccc(Cl)cc2)c1. The van der Waals surface area contributed by atoms with Crippen LogP contribution in [0.3, 0.4) is 0 Å². The summed E-state index contributed by atoms with van der Waals surface area (Å²) < 4.78 is 27.8. The molecule has 0 spiro atoms. The normalized spacial score (nSPS) is 15.4. The molecule has 0 atom stereocenters. The first kappa shape index (κ1) is 21.8. The van der Waals surface area contributed by atoms with Gasteiger partial charge in [-0.05, 0) is 49.6 Å². The van der Waals surface area contributed by atoms with Crippen LogP contribution in [0.1, 0.15) is 43.2 Å². The summed E-state index contributed by atoms with van der Waals surface area (Å²) in [5.74, 6) is -0.262. The van der Waals surface area contributed by atoms with Crippen molar-refractivity contribution in [3.8, 4) is 0 Å². The number of amides is 1. The molecule has 0 unspecified atom stereocenters. The van der Waals surface area contributed by atoms with Crippen molar-refractivity contribution in [3.63, 3.8) is 0 Å². The molecule has 1 aliphatic rings. The topological polar surface area (TPSA) is 66.5 Å². The number of hydrogen-bond donors (Lipinski definition) is 1. The first-order chi connectivity index (χ1) is 13.8. The molecular weight excluding hydrogens is 408 g/mol. The maximum atomic E-state index is 13.3. The zero-order valence-electron chi connectivity index (χ0n) is 16.6. The third-order valence-corrected chi connectivity index (χ3v) is 7.24. The summed E-state index contributed by atoms with van der Waals surface area (Å²) in [6, 6.07) is 13.8. The van der Waals surface area contributed by atoms with Crippen LogP contribution in [0.4, 0.5) is 0 Å². The van der Waals surface area contributed by atoms with E-state index in [0.717, 1.165) is 36.8 Å². The Kier molecular flexibility index (Phi) is 7.33. The zero-order valence-corrected chi connectivity index (χ0v) is 18.2. The maximum Gasteiger partial charge on any atom is 0.243 e. The molecule has 3 rings (SSSR count). The lowest BCUT2D eigenvalue weighted by Crippen LogP contribution is -2.44. The molecule has 156 valence electrons. The van der Waals surface area contributed by atoms with E-state index >= 15 is 0 Å². The molecule has 1 N–H and O–H groups in total. The maximum absolute atomic E-state index is 13.3. The molecular formula is C22H27ClN2O3S. The Morgan fingerprint density at radius 1 is 1.10 bits per heavy atom. The van der Waals surface area contributed by atoms with Crippen molar-refractivity contribution < 1.29 is 13.2 Å². The molecule has 0 aromatic heterocycles. The van der Waals surface area contributed by atoms with Crippen molar-refractivity contribution in [3.05, 3.63) is 64.7 Å². The lowest BCUT2D eigenvalue weighted by molar-refractivity contribution is -0.122. The molecule has 1 saturated carbocycles. The van der Waals surface area contributed by atoms with Gasteiger partial charge in [-0.25, -0.2) is 8.42 Å². The monoisotopic (exact) mass is 434 g/mol. The molecule has 2 aromatic rings. The zero-order chi connectivity index (χ0) is 20.9. The minimum absolute atomic E-state index is 0.125. The summed E-state index contributed by atoms with van der Waals surface area (Å²) in [7, 11) is -3.85. The highest BCUT2D eigenvalue weighted by Gasteiger charge is 2.28. The second kappa shape index (κ2) is 9.74. The van der Waals surface area contributed by atoms with Gasteiger partial charge in [0.15, 0.2) is 0 Å². The van der Waals surface area contributed by atoms with Gasteiger partial charge < -0.3 is 5.32 Å². The number of carbonyl (C=O) groups excluding carboxylic acids is 1. The van der Waals surface area contributed by atoms with Crippen molar-refractivity contribution in [2.24, 2.45) is 0 Å². The first-order valence-electron chi connectivity index (χ1n) is 9.95. The van der Waals surface area contributed by atoms with E-state index in [2.05, 4.69) is 5.32 Å². The molecule has 5 nitrogen and oxygen atoms in total. The van der Waals surface area contributed by atoms with Gasteiger partial charge in [-0.15, -0.1) is 0 Å². The number of rotatable bonds is 7. The third-order valence-electron chi connectivity index (χ3n) is 5.18. The predicted molar refractivity (Wildman–Crippen MR) is 115 cm³/mol. The Balaban J connectivity index is 1.82. The second-order valence-electron chi connectivity index (χ2n) is 7.62. The van der Waals surface area contributed by atoms with E-state index in [1.54, 1.807) is 12.1 Å². The van der Waals surface area contributed by atoms with Crippen LogP contribution in [0.15, 0.2) is 53.4 Å². The van der Waals surface area contributed by atoms with Gasteiger partial charge in [0.1, 0.15) is 0 Å². The number of carbonyl (C=O) groups is 1. The van der Waals surface area contributed by atoms with Crippen LogP contribution in [-0.4, -0.2) is 31.2 Å². The summed E-state index contributed by atoms with van der Waals surface area (Å²) in [4.78, 5) is 12.8. The number of halogens is 1. The van der Waals surface area contributed by atoms with Crippen molar-refractivity contribution in [1.29, 1.82) is 0 Å². The Morgan fingerprint density at radius 3 is 2.45 bits per heavy atom. The van der Waals surface area contributed by atoms with Gasteiger partial charge >= 0.3 is 0 Å². The number of sulfonamides is 1. The fourth-order valence-corrected chi connectivity index (χ4v) is 5.19. The molecule has 0 bridgehead atoms. The second-order valence-corrected chi connectivity index (χ2v) is 9.99. The van der Waals surface area contributed by atoms with Gasteiger partial charge in [0.05, 0.1) is 11.4 Å². The average molecular weight is 435 g/mol. The van der Waals surface area contributed by atoms with Crippen LogP contribution in [0.5, 0.6) is 0 Å². The Bertz CT molecular complexity index is 939. The number of aryl methyl sites for hydroxylation is 1. The van der Waals surface area contributed by atoms with Crippen LogP contribution < -0.4 is 5.32 Å². The molecule has 1 aliphatic carbocycles. The number of hydrogen-bond acceptors (Lipinski definition) is 3. The Morgan fingerprint density at radius 2 is 1.79 bits per heavy atom. The number of nitrogens with one attached hydrogen (secondary N) is 1. The van der Waals surface area contributed by atoms with Crippen LogP contribution in [-0.2, 0) is 21.4 Å². The smallest absolute Gasteiger partial charge is 0.243 e. The quantitative estimate of drug-likeness (QED) is 0.706. The van der Waals surface area contributed by atoms with Gasteiger partial charge in [-0.3, -0.25) is 4.79 Å². The first-order valence-corrected chi connectivity index (χ1v) is 11.8. The van der Waals surface area contributed by atoms with E-state index in [4.69, 9.17) is 11.6 Å². The van der Waals surface area contributed by atoms with Crippen LogP contribution in [0.2, 0.25) is 5.02 Å². The molecule has 29 heavy (non-hydrogen) atoms. The third kappa shape index (κ3) is 6.04. The molecule has 1 amide bonds. The Labute approximate surface area is 178 Å². The van der Waals surface area contributed by atoms with E-state index in [-0.39, 0.29) is 29.9 Å². The highest BCUT2D eigenvalue weighted by Crippen LogP contribution is 2.21. The highest BCUT2D eigenvalue weighted by atomic mass is 35.5. The summed E-state index contributed by atoms with van der Waals surface area (Å²) in [5.41, 5.74) is 1.88. The van der Waals surface area contributed by atoms with Crippen LogP contribution in [0.25, 0.3) is 0 Å². The molecule has 1 fully saturated rings. The van der Waals surface area contributed by atoms with Gasteiger partial charge in [0.25, 0.3) is 0 Å². The van der Waals surface area contributed by atoms with Crippen molar-refractivity contribution in [1.82, 2.24) is 9.62 Å². The van der Waals surface area contributed by atoms with Crippen molar-refractivity contribution >= 4 is 27.5 Å². The van der Waals surface area contributed by atoms with Gasteiger partial charge in [0, 0.05) is 17.6 Å². The summed E-state index contributed by atoms with van der Waals surface area (Å²) in [5, 5.41) is 3.48. The highest BCUT2D eigenvalue weighted by molar-refractivity contribution is 7.89. The van der Waals surface area contributed by atoms with E-state index in [1.807, 2.05) is 31.2 Å². The molecule has 0 saturated heterocycles. The van der Waals surface area contributed by atoms with E-state index in [1.165, 1.54) is 22.9 Å². The van der Waals surface area contributed by atoms with E-state index in [9.17, 15) is 13.2 Å². The fourth-order valence-electron chi connectivity index (χ4n) is 3.68. The lowest BCUT2D eigenvalue weighted by Gasteiger charge is -2.26. The minimum atomic E-state index is -3.85. The molecule has 0 heterocycles. The molecule has 7 heteroatoms. The van der Waals surface area contributed by atoms with Crippen molar-refractivity contribution in [2.75, 3.05) is 6.54 Å². The van der Waals surface area contributed by atoms with Gasteiger partial charge in [-0.1, -0.05) is 60.7 Å². The summed E-state index contributed by atoms with van der Waals surface area (Å²) in [6.45, 7) is 1.87. The van der Waals surface area contributed by atoms with Gasteiger partial charge in [-0.2, -0.15) is 4.31 Å². The summed E-state index contributed by atoms with van der Waals surface area (Å²) >= 11 is 5.91. The molecule has 0 radical (unpaired) electrons. The van der Waals surface area contributed by atoms with Crippen molar-refractivity contribution in [2.45, 2.75) is 56.5 Å². The fraction of sp³-hybridized carbons (Fsp3) is 0.409. The molecule has 2 aromatic carbocycles.